The predicted molar refractivity (Wildman–Crippen MR) is 98.3 cm³/mol. The number of carbonyl (C=O) groups excluding carboxylic acids is 1. The van der Waals surface area contributed by atoms with E-state index in [1.165, 1.54) is 0 Å². The molecule has 0 aliphatic carbocycles. The second kappa shape index (κ2) is 6.15. The van der Waals surface area contributed by atoms with Gasteiger partial charge in [0.15, 0.2) is 5.13 Å². The van der Waals surface area contributed by atoms with Crippen molar-refractivity contribution in [1.29, 1.82) is 0 Å². The van der Waals surface area contributed by atoms with Gasteiger partial charge in [-0.25, -0.2) is 4.99 Å². The molecule has 0 bridgehead atoms. The number of nitrogens with zero attached hydrogens (tertiary/aromatic N) is 2. The number of hydrogen-bond donors (Lipinski definition) is 2. The van der Waals surface area contributed by atoms with Gasteiger partial charge in [0.1, 0.15) is 4.88 Å². The zero-order valence-corrected chi connectivity index (χ0v) is 14.8. The summed E-state index contributed by atoms with van der Waals surface area (Å²) in [7, 11) is 0. The van der Waals surface area contributed by atoms with E-state index in [0.717, 1.165) is 11.3 Å². The molecule has 0 saturated heterocycles. The molecule has 1 aromatic heterocycles. The summed E-state index contributed by atoms with van der Waals surface area (Å²) in [6.07, 6.45) is 0. The predicted octanol–water partition coefficient (Wildman–Crippen LogP) is 3.26. The summed E-state index contributed by atoms with van der Waals surface area (Å²) >= 11 is 13.3. The van der Waals surface area contributed by atoms with Gasteiger partial charge in [0.2, 0.25) is 5.88 Å². The Morgan fingerprint density at radius 3 is 2.72 bits per heavy atom. The molecule has 0 atom stereocenters. The van der Waals surface area contributed by atoms with Gasteiger partial charge >= 0.3 is 0 Å². The lowest BCUT2D eigenvalue weighted by atomic mass is 10.1. The Morgan fingerprint density at radius 1 is 1.12 bits per heavy atom. The lowest BCUT2D eigenvalue weighted by molar-refractivity contribution is -0.112. The van der Waals surface area contributed by atoms with Crippen LogP contribution in [0.25, 0.3) is 5.57 Å². The van der Waals surface area contributed by atoms with E-state index in [4.69, 9.17) is 23.2 Å². The van der Waals surface area contributed by atoms with Gasteiger partial charge in [-0.05, 0) is 30.3 Å². The molecule has 124 valence electrons. The van der Waals surface area contributed by atoms with Gasteiger partial charge in [-0.2, -0.15) is 4.98 Å². The average Bonchev–Trinajstić information content (AvgIpc) is 3.08. The highest BCUT2D eigenvalue weighted by atomic mass is 35.5. The molecule has 2 N–H and O–H groups in total. The number of thiazole rings is 1. The molecule has 1 aliphatic heterocycles. The van der Waals surface area contributed by atoms with Crippen molar-refractivity contribution in [3.63, 3.8) is 0 Å². The van der Waals surface area contributed by atoms with Crippen LogP contribution >= 0.6 is 34.5 Å². The van der Waals surface area contributed by atoms with Crippen LogP contribution in [0.1, 0.15) is 4.88 Å². The monoisotopic (exact) mass is 389 g/mol. The number of hydrogen-bond acceptors (Lipinski definition) is 5. The van der Waals surface area contributed by atoms with Gasteiger partial charge in [-0.1, -0.05) is 46.7 Å². The van der Waals surface area contributed by atoms with Crippen molar-refractivity contribution in [2.45, 2.75) is 0 Å². The molecule has 4 rings (SSSR count). The number of para-hydroxylation sites is 1. The largest absolute Gasteiger partial charge is 0.492 e. The summed E-state index contributed by atoms with van der Waals surface area (Å²) in [5, 5.41) is 15.8. The minimum Gasteiger partial charge on any atom is -0.492 e. The van der Waals surface area contributed by atoms with Crippen LogP contribution in [-0.2, 0) is 4.79 Å². The molecule has 0 fully saturated rings. The standard InChI is InChI=1S/C17H9Cl2N3O2S/c18-8-5-6-11-9(7-8)13(15(23)20-11)14-16(24)22-17(25-14)21-12-4-2-1-3-10(12)19/h1-7,24H,(H,21,22). The maximum Gasteiger partial charge on any atom is 0.279 e. The summed E-state index contributed by atoms with van der Waals surface area (Å²) in [6.45, 7) is 0. The van der Waals surface area contributed by atoms with Gasteiger partial charge in [-0.15, -0.1) is 0 Å². The molecule has 0 radical (unpaired) electrons. The van der Waals surface area contributed by atoms with Crippen LogP contribution < -0.4 is 15.9 Å². The van der Waals surface area contributed by atoms with Gasteiger partial charge in [0, 0.05) is 10.2 Å². The van der Waals surface area contributed by atoms with E-state index in [9.17, 15) is 9.90 Å². The summed E-state index contributed by atoms with van der Waals surface area (Å²) in [6, 6.07) is 12.2. The SMILES string of the molecule is O=C1N=c2ccc(Cl)cc2=C1c1sc(Nc2ccccc2Cl)nc1O. The number of aromatic hydroxyl groups is 1. The first-order valence-electron chi connectivity index (χ1n) is 7.17. The van der Waals surface area contributed by atoms with Gasteiger partial charge < -0.3 is 10.4 Å². The lowest BCUT2D eigenvalue weighted by Gasteiger charge is -2.03. The van der Waals surface area contributed by atoms with Gasteiger partial charge in [0.05, 0.1) is 21.6 Å². The Balaban J connectivity index is 1.82. The summed E-state index contributed by atoms with van der Waals surface area (Å²) in [4.78, 5) is 20.7. The van der Waals surface area contributed by atoms with Gasteiger partial charge in [0.25, 0.3) is 5.91 Å². The molecular formula is C17H9Cl2N3O2S. The third kappa shape index (κ3) is 2.89. The second-order valence-corrected chi connectivity index (χ2v) is 7.07. The Bertz CT molecular complexity index is 1140. The number of amides is 1. The average molecular weight is 390 g/mol. The Hall–Kier alpha value is -2.41. The van der Waals surface area contributed by atoms with E-state index in [-0.39, 0.29) is 5.88 Å². The van der Waals surface area contributed by atoms with E-state index < -0.39 is 5.91 Å². The molecule has 2 aromatic carbocycles. The van der Waals surface area contributed by atoms with E-state index in [1.807, 2.05) is 12.1 Å². The van der Waals surface area contributed by atoms with Crippen LogP contribution in [0.2, 0.25) is 10.0 Å². The first-order chi connectivity index (χ1) is 12.0. The van der Waals surface area contributed by atoms with Crippen LogP contribution in [-0.4, -0.2) is 16.0 Å². The van der Waals surface area contributed by atoms with Gasteiger partial charge in [-0.3, -0.25) is 4.79 Å². The van der Waals surface area contributed by atoms with Crippen molar-refractivity contribution in [2.24, 2.45) is 4.99 Å². The maximum absolute atomic E-state index is 12.3. The van der Waals surface area contributed by atoms with Crippen LogP contribution in [0.5, 0.6) is 5.88 Å². The van der Waals surface area contributed by atoms with Crippen LogP contribution in [0.3, 0.4) is 0 Å². The molecule has 0 saturated carbocycles. The lowest BCUT2D eigenvalue weighted by Crippen LogP contribution is -2.22. The third-order valence-electron chi connectivity index (χ3n) is 3.62. The van der Waals surface area contributed by atoms with E-state index >= 15 is 0 Å². The number of halogens is 2. The Morgan fingerprint density at radius 2 is 1.92 bits per heavy atom. The first kappa shape index (κ1) is 16.1. The van der Waals surface area contributed by atoms with E-state index in [0.29, 0.717) is 41.9 Å². The van der Waals surface area contributed by atoms with Crippen molar-refractivity contribution in [2.75, 3.05) is 5.32 Å². The number of aromatic nitrogens is 1. The van der Waals surface area contributed by atoms with Crippen LogP contribution in [0.4, 0.5) is 10.8 Å². The van der Waals surface area contributed by atoms with Crippen molar-refractivity contribution in [1.82, 2.24) is 4.98 Å². The van der Waals surface area contributed by atoms with E-state index in [2.05, 4.69) is 15.3 Å². The van der Waals surface area contributed by atoms with E-state index in [1.54, 1.807) is 30.3 Å². The fourth-order valence-electron chi connectivity index (χ4n) is 2.51. The molecule has 25 heavy (non-hydrogen) atoms. The topological polar surface area (TPSA) is 74.6 Å². The summed E-state index contributed by atoms with van der Waals surface area (Å²) < 4.78 is 0. The van der Waals surface area contributed by atoms with Crippen molar-refractivity contribution in [3.05, 3.63) is 68.0 Å². The highest BCUT2D eigenvalue weighted by molar-refractivity contribution is 7.17. The molecule has 0 unspecified atom stereocenters. The van der Waals surface area contributed by atoms with Crippen LogP contribution in [0.15, 0.2) is 47.5 Å². The molecular weight excluding hydrogens is 381 g/mol. The summed E-state index contributed by atoms with van der Waals surface area (Å²) in [5.41, 5.74) is 0.944. The number of anilines is 2. The number of benzene rings is 2. The molecule has 5 nitrogen and oxygen atoms in total. The highest BCUT2D eigenvalue weighted by Crippen LogP contribution is 2.36. The quantitative estimate of drug-likeness (QED) is 0.720. The fourth-order valence-corrected chi connectivity index (χ4v) is 3.79. The smallest absolute Gasteiger partial charge is 0.279 e. The zero-order chi connectivity index (χ0) is 17.6. The minimum atomic E-state index is -0.430. The Kier molecular flexibility index (Phi) is 3.95. The van der Waals surface area contributed by atoms with Crippen LogP contribution in [0, 0.1) is 0 Å². The number of fused-ring (bicyclic) bond motifs is 1. The third-order valence-corrected chi connectivity index (χ3v) is 5.16. The molecule has 1 amide bonds. The maximum atomic E-state index is 12.3. The fraction of sp³-hybridized carbons (Fsp3) is 0. The molecule has 2 heterocycles. The highest BCUT2D eigenvalue weighted by Gasteiger charge is 2.25. The number of carbonyl (C=O) groups is 1. The number of nitrogens with one attached hydrogen (secondary N) is 1. The normalized spacial score (nSPS) is 12.9. The zero-order valence-electron chi connectivity index (χ0n) is 12.5. The molecule has 1 aliphatic rings. The minimum absolute atomic E-state index is 0.245. The molecule has 3 aromatic rings. The Labute approximate surface area is 155 Å². The van der Waals surface area contributed by atoms with Crippen molar-refractivity contribution < 1.29 is 9.90 Å². The van der Waals surface area contributed by atoms with Crippen molar-refractivity contribution in [3.8, 4) is 5.88 Å². The molecule has 8 heteroatoms. The summed E-state index contributed by atoms with van der Waals surface area (Å²) in [5.74, 6) is -0.675. The second-order valence-electron chi connectivity index (χ2n) is 5.23. The molecule has 0 spiro atoms. The van der Waals surface area contributed by atoms with Crippen molar-refractivity contribution >= 4 is 56.8 Å². The first-order valence-corrected chi connectivity index (χ1v) is 8.75. The number of rotatable bonds is 3.